The fraction of sp³-hybridized carbons (Fsp3) is 0.381. The molecule has 1 aliphatic heterocycles. The summed E-state index contributed by atoms with van der Waals surface area (Å²) in [6.45, 7) is 3.14. The summed E-state index contributed by atoms with van der Waals surface area (Å²) in [5.74, 6) is 2.18. The topological polar surface area (TPSA) is 71.5 Å². The number of hydrogen-bond acceptors (Lipinski definition) is 6. The van der Waals surface area contributed by atoms with E-state index in [1.807, 2.05) is 23.1 Å². The second kappa shape index (κ2) is 9.21. The summed E-state index contributed by atoms with van der Waals surface area (Å²) in [5, 5.41) is 9.43. The average molecular weight is 386 g/mol. The predicted octanol–water partition coefficient (Wildman–Crippen LogP) is 2.53. The van der Waals surface area contributed by atoms with Gasteiger partial charge in [0.25, 0.3) is 0 Å². The first-order valence-electron chi connectivity index (χ1n) is 9.27. The Kier molecular flexibility index (Phi) is 6.47. The quantitative estimate of drug-likeness (QED) is 0.789. The molecule has 1 fully saturated rings. The molecule has 7 nitrogen and oxygen atoms in total. The third-order valence-corrected chi connectivity index (χ3v) is 4.77. The van der Waals surface area contributed by atoms with Gasteiger partial charge >= 0.3 is 0 Å². The zero-order chi connectivity index (χ0) is 19.9. The van der Waals surface area contributed by atoms with E-state index < -0.39 is 0 Å². The van der Waals surface area contributed by atoms with E-state index in [-0.39, 0.29) is 18.3 Å². The van der Waals surface area contributed by atoms with Crippen molar-refractivity contribution >= 4 is 11.6 Å². The molecule has 3 rings (SSSR count). The van der Waals surface area contributed by atoms with Crippen molar-refractivity contribution in [3.63, 3.8) is 0 Å². The van der Waals surface area contributed by atoms with Crippen LogP contribution in [0.1, 0.15) is 6.42 Å². The molecule has 150 valence electrons. The second-order valence-electron chi connectivity index (χ2n) is 6.50. The van der Waals surface area contributed by atoms with Crippen LogP contribution in [0.3, 0.4) is 0 Å². The molecule has 0 aliphatic carbocycles. The van der Waals surface area contributed by atoms with E-state index in [4.69, 9.17) is 14.2 Å². The van der Waals surface area contributed by atoms with E-state index in [1.54, 1.807) is 32.4 Å². The van der Waals surface area contributed by atoms with Gasteiger partial charge in [-0.05, 0) is 24.3 Å². The fourth-order valence-corrected chi connectivity index (χ4v) is 3.22. The van der Waals surface area contributed by atoms with Crippen LogP contribution in [0.5, 0.6) is 23.0 Å². The van der Waals surface area contributed by atoms with Crippen molar-refractivity contribution in [2.45, 2.75) is 6.42 Å². The molecule has 0 unspecified atom stereocenters. The van der Waals surface area contributed by atoms with E-state index in [0.29, 0.717) is 36.8 Å². The number of benzene rings is 2. The van der Waals surface area contributed by atoms with Crippen LogP contribution in [0.15, 0.2) is 42.5 Å². The summed E-state index contributed by atoms with van der Waals surface area (Å²) in [4.78, 5) is 16.5. The van der Waals surface area contributed by atoms with Crippen LogP contribution in [0, 0.1) is 0 Å². The van der Waals surface area contributed by atoms with Crippen molar-refractivity contribution < 1.29 is 24.1 Å². The normalized spacial score (nSPS) is 13.9. The number of aromatic hydroxyl groups is 1. The number of nitrogens with zero attached hydrogens (tertiary/aromatic N) is 2. The molecular weight excluding hydrogens is 360 g/mol. The van der Waals surface area contributed by atoms with Gasteiger partial charge < -0.3 is 29.1 Å². The van der Waals surface area contributed by atoms with Crippen molar-refractivity contribution in [1.29, 1.82) is 0 Å². The highest BCUT2D eigenvalue weighted by Crippen LogP contribution is 2.31. The number of phenols is 1. The van der Waals surface area contributed by atoms with Crippen molar-refractivity contribution in [3.05, 3.63) is 42.5 Å². The Bertz CT molecular complexity index is 803. The molecule has 1 aliphatic rings. The Morgan fingerprint density at radius 2 is 1.75 bits per heavy atom. The van der Waals surface area contributed by atoms with Gasteiger partial charge in [0.15, 0.2) is 11.5 Å². The van der Waals surface area contributed by atoms with E-state index in [9.17, 15) is 9.90 Å². The Morgan fingerprint density at radius 1 is 1.00 bits per heavy atom. The van der Waals surface area contributed by atoms with E-state index >= 15 is 0 Å². The molecule has 0 aromatic heterocycles. The van der Waals surface area contributed by atoms with Crippen LogP contribution in [0.2, 0.25) is 0 Å². The van der Waals surface area contributed by atoms with Crippen LogP contribution >= 0.6 is 0 Å². The lowest BCUT2D eigenvalue weighted by Crippen LogP contribution is -2.49. The molecule has 0 atom stereocenters. The number of rotatable bonds is 7. The molecule has 1 amide bonds. The molecule has 2 aromatic carbocycles. The van der Waals surface area contributed by atoms with Gasteiger partial charge in [0, 0.05) is 44.0 Å². The Balaban J connectivity index is 1.47. The third kappa shape index (κ3) is 4.79. The number of anilines is 1. The highest BCUT2D eigenvalue weighted by atomic mass is 16.5. The molecular formula is C21H26N2O5. The second-order valence-corrected chi connectivity index (χ2v) is 6.50. The summed E-state index contributed by atoms with van der Waals surface area (Å²) in [6, 6.07) is 12.4. The summed E-state index contributed by atoms with van der Waals surface area (Å²) in [5.41, 5.74) is 1.05. The number of ether oxygens (including phenoxy) is 3. The maximum Gasteiger partial charge on any atom is 0.226 e. The van der Waals surface area contributed by atoms with Crippen LogP contribution < -0.4 is 19.1 Å². The summed E-state index contributed by atoms with van der Waals surface area (Å²) in [7, 11) is 3.24. The predicted molar refractivity (Wildman–Crippen MR) is 107 cm³/mol. The summed E-state index contributed by atoms with van der Waals surface area (Å²) in [6.07, 6.45) is 0.312. The number of methoxy groups -OCH3 is 2. The van der Waals surface area contributed by atoms with Gasteiger partial charge in [-0.15, -0.1) is 0 Å². The molecule has 0 spiro atoms. The summed E-state index contributed by atoms with van der Waals surface area (Å²) >= 11 is 0. The van der Waals surface area contributed by atoms with Gasteiger partial charge in [-0.2, -0.15) is 0 Å². The number of carbonyl (C=O) groups excluding carboxylic acids is 1. The molecule has 1 heterocycles. The molecule has 1 saturated heterocycles. The molecule has 7 heteroatoms. The molecule has 0 bridgehead atoms. The van der Waals surface area contributed by atoms with Gasteiger partial charge in [0.05, 0.1) is 27.2 Å². The molecule has 28 heavy (non-hydrogen) atoms. The maximum atomic E-state index is 12.4. The standard InChI is InChI=1S/C21H26N2O5/c1-26-19-7-6-16(14-20(19)27-2)22-9-11-23(12-10-22)21(25)8-13-28-18-5-3-4-17(24)15-18/h3-7,14-15,24H,8-13H2,1-2H3. The monoisotopic (exact) mass is 386 g/mol. The third-order valence-electron chi connectivity index (χ3n) is 4.77. The highest BCUT2D eigenvalue weighted by Gasteiger charge is 2.22. The smallest absolute Gasteiger partial charge is 0.226 e. The molecule has 1 N–H and O–H groups in total. The van der Waals surface area contributed by atoms with Crippen molar-refractivity contribution in [2.24, 2.45) is 0 Å². The number of piperazine rings is 1. The minimum absolute atomic E-state index is 0.0760. The largest absolute Gasteiger partial charge is 0.508 e. The first kappa shape index (κ1) is 19.7. The number of phenolic OH excluding ortho intramolecular Hbond substituents is 1. The minimum atomic E-state index is 0.0760. The van der Waals surface area contributed by atoms with E-state index in [2.05, 4.69) is 4.90 Å². The van der Waals surface area contributed by atoms with Gasteiger partial charge in [0.2, 0.25) is 5.91 Å². The summed E-state index contributed by atoms with van der Waals surface area (Å²) < 4.78 is 16.2. The van der Waals surface area contributed by atoms with E-state index in [0.717, 1.165) is 18.8 Å². The molecule has 0 saturated carbocycles. The highest BCUT2D eigenvalue weighted by molar-refractivity contribution is 5.76. The molecule has 2 aromatic rings. The minimum Gasteiger partial charge on any atom is -0.508 e. The number of amides is 1. The Morgan fingerprint density at radius 3 is 2.43 bits per heavy atom. The SMILES string of the molecule is COc1ccc(N2CCN(C(=O)CCOc3cccc(O)c3)CC2)cc1OC. The number of carbonyl (C=O) groups is 1. The van der Waals surface area contributed by atoms with Gasteiger partial charge in [-0.25, -0.2) is 0 Å². The number of hydrogen-bond donors (Lipinski definition) is 1. The lowest BCUT2D eigenvalue weighted by molar-refractivity contribution is -0.132. The van der Waals surface area contributed by atoms with Crippen molar-refractivity contribution in [2.75, 3.05) is 51.9 Å². The van der Waals surface area contributed by atoms with Gasteiger partial charge in [-0.1, -0.05) is 6.07 Å². The van der Waals surface area contributed by atoms with Crippen LogP contribution in [-0.2, 0) is 4.79 Å². The van der Waals surface area contributed by atoms with Gasteiger partial charge in [-0.3, -0.25) is 4.79 Å². The lowest BCUT2D eigenvalue weighted by atomic mass is 10.2. The van der Waals surface area contributed by atoms with Crippen molar-refractivity contribution in [1.82, 2.24) is 4.90 Å². The van der Waals surface area contributed by atoms with Crippen LogP contribution in [0.25, 0.3) is 0 Å². The average Bonchev–Trinajstić information content (AvgIpc) is 2.73. The lowest BCUT2D eigenvalue weighted by Gasteiger charge is -2.36. The first-order chi connectivity index (χ1) is 13.6. The first-order valence-corrected chi connectivity index (χ1v) is 9.27. The Hall–Kier alpha value is -3.09. The zero-order valence-corrected chi connectivity index (χ0v) is 16.3. The molecule has 0 radical (unpaired) electrons. The zero-order valence-electron chi connectivity index (χ0n) is 16.3. The van der Waals surface area contributed by atoms with Gasteiger partial charge in [0.1, 0.15) is 11.5 Å². The van der Waals surface area contributed by atoms with Crippen LogP contribution in [-0.4, -0.2) is 62.9 Å². The van der Waals surface area contributed by atoms with Crippen LogP contribution in [0.4, 0.5) is 5.69 Å². The van der Waals surface area contributed by atoms with E-state index in [1.165, 1.54) is 6.07 Å². The maximum absolute atomic E-state index is 12.4. The fourth-order valence-electron chi connectivity index (χ4n) is 3.22. The van der Waals surface area contributed by atoms with Crippen molar-refractivity contribution in [3.8, 4) is 23.0 Å². The Labute approximate surface area is 165 Å².